The lowest BCUT2D eigenvalue weighted by molar-refractivity contribution is 0.0998. The number of carbonyl (C=O) groups is 1. The number of amides is 1. The van der Waals surface area contributed by atoms with Crippen LogP contribution in [0.5, 0.6) is 6.01 Å². The standard InChI is InChI=1S/C12H10N4O3/c1-18-12-14-11(15-16-12)13-10(17)9-6-7-4-2-3-5-8(7)19-9/h2-6H,1H3,(H2,13,14,15,16,17). The number of methoxy groups -OCH3 is 1. The van der Waals surface area contributed by atoms with Crippen LogP contribution in [0.2, 0.25) is 0 Å². The topological polar surface area (TPSA) is 93.0 Å². The summed E-state index contributed by atoms with van der Waals surface area (Å²) in [6.45, 7) is 0. The molecule has 0 aliphatic rings. The maximum absolute atomic E-state index is 11.9. The van der Waals surface area contributed by atoms with Gasteiger partial charge >= 0.3 is 6.01 Å². The minimum atomic E-state index is -0.407. The molecule has 7 nitrogen and oxygen atoms in total. The number of aromatic amines is 1. The molecule has 2 N–H and O–H groups in total. The molecule has 2 heterocycles. The molecule has 19 heavy (non-hydrogen) atoms. The van der Waals surface area contributed by atoms with Gasteiger partial charge in [0.1, 0.15) is 5.58 Å². The summed E-state index contributed by atoms with van der Waals surface area (Å²) in [7, 11) is 1.44. The molecular weight excluding hydrogens is 248 g/mol. The van der Waals surface area contributed by atoms with Gasteiger partial charge in [0.2, 0.25) is 5.95 Å². The second-order valence-corrected chi connectivity index (χ2v) is 3.77. The van der Waals surface area contributed by atoms with Crippen LogP contribution in [0.25, 0.3) is 11.0 Å². The van der Waals surface area contributed by atoms with Crippen molar-refractivity contribution >= 4 is 22.8 Å². The first-order chi connectivity index (χ1) is 9.26. The van der Waals surface area contributed by atoms with E-state index >= 15 is 0 Å². The van der Waals surface area contributed by atoms with E-state index < -0.39 is 5.91 Å². The Balaban J connectivity index is 1.83. The molecule has 0 bridgehead atoms. The lowest BCUT2D eigenvalue weighted by Crippen LogP contribution is -2.11. The maximum atomic E-state index is 11.9. The molecule has 0 aliphatic carbocycles. The number of anilines is 1. The second kappa shape index (κ2) is 4.45. The number of ether oxygens (including phenoxy) is 1. The van der Waals surface area contributed by atoms with Gasteiger partial charge in [-0.2, -0.15) is 4.98 Å². The van der Waals surface area contributed by atoms with Gasteiger partial charge in [-0.3, -0.25) is 10.1 Å². The van der Waals surface area contributed by atoms with E-state index in [4.69, 9.17) is 9.15 Å². The van der Waals surface area contributed by atoms with E-state index in [1.165, 1.54) is 7.11 Å². The fraction of sp³-hybridized carbons (Fsp3) is 0.0833. The minimum Gasteiger partial charge on any atom is -0.466 e. The first-order valence-corrected chi connectivity index (χ1v) is 5.52. The molecule has 1 amide bonds. The molecule has 96 valence electrons. The Morgan fingerprint density at radius 3 is 3.00 bits per heavy atom. The van der Waals surface area contributed by atoms with E-state index in [1.807, 2.05) is 18.2 Å². The number of hydrogen-bond donors (Lipinski definition) is 2. The van der Waals surface area contributed by atoms with Crippen LogP contribution in [0.15, 0.2) is 34.7 Å². The van der Waals surface area contributed by atoms with Crippen LogP contribution in [0, 0.1) is 0 Å². The minimum absolute atomic E-state index is 0.153. The highest BCUT2D eigenvalue weighted by Gasteiger charge is 2.14. The van der Waals surface area contributed by atoms with Crippen LogP contribution in [0.3, 0.4) is 0 Å². The summed E-state index contributed by atoms with van der Waals surface area (Å²) in [5, 5.41) is 9.65. The van der Waals surface area contributed by atoms with E-state index in [0.29, 0.717) is 5.58 Å². The van der Waals surface area contributed by atoms with Gasteiger partial charge in [-0.15, -0.1) is 5.10 Å². The van der Waals surface area contributed by atoms with E-state index in [-0.39, 0.29) is 17.7 Å². The summed E-state index contributed by atoms with van der Waals surface area (Å²) in [6, 6.07) is 9.20. The summed E-state index contributed by atoms with van der Waals surface area (Å²) in [4.78, 5) is 15.8. The van der Waals surface area contributed by atoms with Crippen molar-refractivity contribution < 1.29 is 13.9 Å². The van der Waals surface area contributed by atoms with Crippen molar-refractivity contribution in [3.8, 4) is 6.01 Å². The molecule has 3 aromatic rings. The molecule has 0 radical (unpaired) electrons. The fourth-order valence-corrected chi connectivity index (χ4v) is 1.66. The van der Waals surface area contributed by atoms with Crippen molar-refractivity contribution in [2.24, 2.45) is 0 Å². The quantitative estimate of drug-likeness (QED) is 0.747. The van der Waals surface area contributed by atoms with Crippen molar-refractivity contribution in [3.63, 3.8) is 0 Å². The maximum Gasteiger partial charge on any atom is 0.336 e. The van der Waals surface area contributed by atoms with Gasteiger partial charge in [-0.25, -0.2) is 5.10 Å². The zero-order valence-electron chi connectivity index (χ0n) is 10.0. The zero-order chi connectivity index (χ0) is 13.2. The van der Waals surface area contributed by atoms with Crippen LogP contribution < -0.4 is 10.1 Å². The number of fused-ring (bicyclic) bond motifs is 1. The number of benzene rings is 1. The number of nitrogens with one attached hydrogen (secondary N) is 2. The highest BCUT2D eigenvalue weighted by atomic mass is 16.5. The Labute approximate surface area is 107 Å². The van der Waals surface area contributed by atoms with Crippen molar-refractivity contribution in [2.45, 2.75) is 0 Å². The predicted octanol–water partition coefficient (Wildman–Crippen LogP) is 1.81. The first-order valence-electron chi connectivity index (χ1n) is 5.52. The van der Waals surface area contributed by atoms with Crippen molar-refractivity contribution in [2.75, 3.05) is 12.4 Å². The summed E-state index contributed by atoms with van der Waals surface area (Å²) >= 11 is 0. The van der Waals surface area contributed by atoms with Crippen LogP contribution in [0.1, 0.15) is 10.6 Å². The molecule has 0 spiro atoms. The highest BCUT2D eigenvalue weighted by molar-refractivity contribution is 6.03. The Bertz CT molecular complexity index is 698. The molecule has 0 saturated heterocycles. The van der Waals surface area contributed by atoms with Gasteiger partial charge < -0.3 is 9.15 Å². The first kappa shape index (κ1) is 11.3. The number of furan rings is 1. The molecule has 0 saturated carbocycles. The van der Waals surface area contributed by atoms with Gasteiger partial charge in [0, 0.05) is 5.39 Å². The third-order valence-corrected chi connectivity index (χ3v) is 2.53. The summed E-state index contributed by atoms with van der Waals surface area (Å²) < 4.78 is 10.2. The molecule has 0 unspecified atom stereocenters. The zero-order valence-corrected chi connectivity index (χ0v) is 10.0. The average Bonchev–Trinajstić information content (AvgIpc) is 3.04. The average molecular weight is 258 g/mol. The third-order valence-electron chi connectivity index (χ3n) is 2.53. The molecule has 1 aromatic carbocycles. The van der Waals surface area contributed by atoms with Gasteiger partial charge in [-0.05, 0) is 12.1 Å². The van der Waals surface area contributed by atoms with Crippen LogP contribution in [0.4, 0.5) is 5.95 Å². The normalized spacial score (nSPS) is 10.6. The van der Waals surface area contributed by atoms with E-state index in [1.54, 1.807) is 12.1 Å². The molecule has 3 rings (SSSR count). The van der Waals surface area contributed by atoms with E-state index in [2.05, 4.69) is 20.5 Å². The van der Waals surface area contributed by atoms with Gasteiger partial charge in [0.05, 0.1) is 7.11 Å². The number of H-pyrrole nitrogens is 1. The van der Waals surface area contributed by atoms with Gasteiger partial charge in [0.25, 0.3) is 5.91 Å². The fourth-order valence-electron chi connectivity index (χ4n) is 1.66. The third kappa shape index (κ3) is 2.13. The Kier molecular flexibility index (Phi) is 2.64. The monoisotopic (exact) mass is 258 g/mol. The van der Waals surface area contributed by atoms with Crippen molar-refractivity contribution in [3.05, 3.63) is 36.1 Å². The van der Waals surface area contributed by atoms with Crippen LogP contribution in [-0.4, -0.2) is 28.2 Å². The molecule has 7 heteroatoms. The molecule has 2 aromatic heterocycles. The number of hydrogen-bond acceptors (Lipinski definition) is 5. The number of aromatic nitrogens is 3. The lowest BCUT2D eigenvalue weighted by atomic mass is 10.2. The Hall–Kier alpha value is -2.83. The number of rotatable bonds is 3. The van der Waals surface area contributed by atoms with Gasteiger partial charge in [-0.1, -0.05) is 18.2 Å². The summed E-state index contributed by atoms with van der Waals surface area (Å²) in [6.07, 6.45) is 0. The number of nitrogens with zero attached hydrogens (tertiary/aromatic N) is 2. The highest BCUT2D eigenvalue weighted by Crippen LogP contribution is 2.19. The predicted molar refractivity (Wildman–Crippen MR) is 67.1 cm³/mol. The number of carbonyl (C=O) groups excluding carboxylic acids is 1. The summed E-state index contributed by atoms with van der Waals surface area (Å²) in [5.41, 5.74) is 0.655. The number of para-hydroxylation sites is 1. The molecule has 0 atom stereocenters. The van der Waals surface area contributed by atoms with Crippen LogP contribution in [-0.2, 0) is 0 Å². The second-order valence-electron chi connectivity index (χ2n) is 3.77. The van der Waals surface area contributed by atoms with Gasteiger partial charge in [0.15, 0.2) is 5.76 Å². The molecule has 0 fully saturated rings. The molecular formula is C12H10N4O3. The van der Waals surface area contributed by atoms with Crippen LogP contribution >= 0.6 is 0 Å². The SMILES string of the molecule is COc1n[nH]c(NC(=O)c2cc3ccccc3o2)n1. The molecule has 0 aliphatic heterocycles. The summed E-state index contributed by atoms with van der Waals surface area (Å²) in [5.74, 6) is -0.00567. The Morgan fingerprint density at radius 2 is 2.26 bits per heavy atom. The van der Waals surface area contributed by atoms with Crippen molar-refractivity contribution in [1.82, 2.24) is 15.2 Å². The van der Waals surface area contributed by atoms with Crippen molar-refractivity contribution in [1.29, 1.82) is 0 Å². The van der Waals surface area contributed by atoms with E-state index in [0.717, 1.165) is 5.39 Å². The Morgan fingerprint density at radius 1 is 1.42 bits per heavy atom. The lowest BCUT2D eigenvalue weighted by Gasteiger charge is -1.96. The smallest absolute Gasteiger partial charge is 0.336 e. The largest absolute Gasteiger partial charge is 0.466 e. The van der Waals surface area contributed by atoms with E-state index in [9.17, 15) is 4.79 Å².